The van der Waals surface area contributed by atoms with Gasteiger partial charge in [0.05, 0.1) is 11.1 Å². The van der Waals surface area contributed by atoms with Gasteiger partial charge in [-0.1, -0.05) is 61.2 Å². The van der Waals surface area contributed by atoms with E-state index in [0.29, 0.717) is 11.3 Å². The first-order valence-electron chi connectivity index (χ1n) is 9.36. The number of rotatable bonds is 3. The Bertz CT molecular complexity index is 931. The normalized spacial score (nSPS) is 15.1. The van der Waals surface area contributed by atoms with Gasteiger partial charge < -0.3 is 5.32 Å². The van der Waals surface area contributed by atoms with E-state index in [1.807, 2.05) is 55.5 Å². The average Bonchev–Trinajstić information content (AvgIpc) is 2.68. The van der Waals surface area contributed by atoms with Crippen LogP contribution < -0.4 is 5.32 Å². The molecule has 1 aromatic heterocycles. The number of fused-ring (bicyclic) bond motifs is 1. The van der Waals surface area contributed by atoms with E-state index in [1.165, 1.54) is 19.3 Å². The van der Waals surface area contributed by atoms with Crippen molar-refractivity contribution in [2.24, 2.45) is 0 Å². The zero-order valence-corrected chi connectivity index (χ0v) is 15.0. The summed E-state index contributed by atoms with van der Waals surface area (Å²) in [4.78, 5) is 13.3. The summed E-state index contributed by atoms with van der Waals surface area (Å²) in [5.41, 5.74) is 4.06. The smallest absolute Gasteiger partial charge is 0.254 e. The van der Waals surface area contributed by atoms with Crippen molar-refractivity contribution in [2.45, 2.75) is 45.1 Å². The minimum Gasteiger partial charge on any atom is -0.349 e. The van der Waals surface area contributed by atoms with Crippen LogP contribution >= 0.6 is 0 Å². The lowest BCUT2D eigenvalue weighted by Crippen LogP contribution is -2.36. The predicted octanol–water partition coefficient (Wildman–Crippen LogP) is 4.67. The summed E-state index contributed by atoms with van der Waals surface area (Å²) in [5, 5.41) is 12.9. The lowest BCUT2D eigenvalue weighted by molar-refractivity contribution is 0.0929. The van der Waals surface area contributed by atoms with E-state index < -0.39 is 0 Å². The van der Waals surface area contributed by atoms with Crippen molar-refractivity contribution in [3.8, 4) is 11.3 Å². The largest absolute Gasteiger partial charge is 0.349 e. The van der Waals surface area contributed by atoms with Crippen LogP contribution in [0, 0.1) is 6.92 Å². The fourth-order valence-electron chi connectivity index (χ4n) is 3.75. The van der Waals surface area contributed by atoms with E-state index in [-0.39, 0.29) is 11.9 Å². The first kappa shape index (κ1) is 16.7. The molecule has 132 valence electrons. The molecule has 1 aliphatic rings. The number of nitrogens with one attached hydrogen (secondary N) is 1. The van der Waals surface area contributed by atoms with Gasteiger partial charge in [0.25, 0.3) is 5.91 Å². The van der Waals surface area contributed by atoms with Crippen LogP contribution in [0.15, 0.2) is 48.5 Å². The molecule has 0 atom stereocenters. The van der Waals surface area contributed by atoms with E-state index in [4.69, 9.17) is 0 Å². The Balaban J connectivity index is 1.83. The molecule has 4 nitrogen and oxygen atoms in total. The van der Waals surface area contributed by atoms with Crippen LogP contribution in [0.5, 0.6) is 0 Å². The molecular weight excluding hydrogens is 322 g/mol. The molecule has 1 fully saturated rings. The van der Waals surface area contributed by atoms with Gasteiger partial charge in [-0.2, -0.15) is 0 Å². The molecule has 1 heterocycles. The summed E-state index contributed by atoms with van der Waals surface area (Å²) in [7, 11) is 0. The van der Waals surface area contributed by atoms with Crippen LogP contribution in [-0.4, -0.2) is 22.1 Å². The third-order valence-electron chi connectivity index (χ3n) is 5.13. The minimum atomic E-state index is -0.0405. The number of benzene rings is 2. The second-order valence-corrected chi connectivity index (χ2v) is 7.12. The quantitative estimate of drug-likeness (QED) is 0.750. The van der Waals surface area contributed by atoms with E-state index in [9.17, 15) is 4.79 Å². The second kappa shape index (κ2) is 7.24. The first-order valence-corrected chi connectivity index (χ1v) is 9.36. The summed E-state index contributed by atoms with van der Waals surface area (Å²) in [6.07, 6.45) is 5.75. The monoisotopic (exact) mass is 345 g/mol. The molecule has 4 rings (SSSR count). The summed E-state index contributed by atoms with van der Waals surface area (Å²) in [6, 6.07) is 16.1. The fourth-order valence-corrected chi connectivity index (χ4v) is 3.75. The van der Waals surface area contributed by atoms with E-state index in [0.717, 1.165) is 34.9 Å². The van der Waals surface area contributed by atoms with Crippen LogP contribution in [0.25, 0.3) is 22.2 Å². The number of hydrogen-bond acceptors (Lipinski definition) is 3. The van der Waals surface area contributed by atoms with Crippen molar-refractivity contribution in [1.29, 1.82) is 0 Å². The van der Waals surface area contributed by atoms with Gasteiger partial charge in [-0.05, 0) is 31.9 Å². The van der Waals surface area contributed by atoms with Crippen molar-refractivity contribution in [1.82, 2.24) is 15.5 Å². The molecule has 1 amide bonds. The molecule has 0 unspecified atom stereocenters. The van der Waals surface area contributed by atoms with Gasteiger partial charge >= 0.3 is 0 Å². The second-order valence-electron chi connectivity index (χ2n) is 7.12. The predicted molar refractivity (Wildman–Crippen MR) is 104 cm³/mol. The van der Waals surface area contributed by atoms with Gasteiger partial charge in [0.15, 0.2) is 0 Å². The molecule has 0 radical (unpaired) electrons. The Kier molecular flexibility index (Phi) is 4.65. The maximum atomic E-state index is 13.3. The Hall–Kier alpha value is -2.75. The number of aryl methyl sites for hydroxylation is 1. The van der Waals surface area contributed by atoms with Gasteiger partial charge in [-0.3, -0.25) is 4.79 Å². The Labute approximate surface area is 153 Å². The third kappa shape index (κ3) is 3.32. The highest BCUT2D eigenvalue weighted by Crippen LogP contribution is 2.28. The maximum Gasteiger partial charge on any atom is 0.254 e. The number of amides is 1. The number of carbonyl (C=O) groups is 1. The van der Waals surface area contributed by atoms with Crippen LogP contribution in [0.2, 0.25) is 0 Å². The summed E-state index contributed by atoms with van der Waals surface area (Å²) >= 11 is 0. The van der Waals surface area contributed by atoms with E-state index >= 15 is 0 Å². The van der Waals surface area contributed by atoms with Gasteiger partial charge in [0, 0.05) is 17.0 Å². The molecule has 2 aromatic carbocycles. The lowest BCUT2D eigenvalue weighted by atomic mass is 9.94. The molecule has 3 aromatic rings. The van der Waals surface area contributed by atoms with Crippen molar-refractivity contribution in [2.75, 3.05) is 0 Å². The topological polar surface area (TPSA) is 54.9 Å². The minimum absolute atomic E-state index is 0.0405. The molecule has 26 heavy (non-hydrogen) atoms. The molecule has 0 aliphatic heterocycles. The molecular formula is C22H23N3O. The number of carbonyl (C=O) groups excluding carboxylic acids is 1. The van der Waals surface area contributed by atoms with Crippen LogP contribution in [0.1, 0.15) is 48.0 Å². The molecule has 1 N–H and O–H groups in total. The first-order chi connectivity index (χ1) is 12.7. The molecule has 0 saturated heterocycles. The molecule has 1 aliphatic carbocycles. The number of aromatic nitrogens is 2. The summed E-state index contributed by atoms with van der Waals surface area (Å²) in [6.45, 7) is 2.03. The highest BCUT2D eigenvalue weighted by atomic mass is 16.1. The van der Waals surface area contributed by atoms with Crippen molar-refractivity contribution >= 4 is 16.8 Å². The van der Waals surface area contributed by atoms with E-state index in [1.54, 1.807) is 0 Å². The number of nitrogens with zero attached hydrogens (tertiary/aromatic N) is 2. The van der Waals surface area contributed by atoms with Crippen molar-refractivity contribution in [3.63, 3.8) is 0 Å². The zero-order valence-electron chi connectivity index (χ0n) is 15.0. The van der Waals surface area contributed by atoms with Gasteiger partial charge in [0.2, 0.25) is 0 Å². The number of hydrogen-bond donors (Lipinski definition) is 1. The third-order valence-corrected chi connectivity index (χ3v) is 5.13. The highest BCUT2D eigenvalue weighted by Gasteiger charge is 2.23. The van der Waals surface area contributed by atoms with Gasteiger partial charge in [0.1, 0.15) is 5.69 Å². The molecule has 4 heteroatoms. The Morgan fingerprint density at radius 1 is 1.00 bits per heavy atom. The standard InChI is InChI=1S/C22H23N3O/c1-15-12-13-19-18(14-15)20(22(26)23-17-10-6-3-7-11-17)21(25-24-19)16-8-4-2-5-9-16/h2,4-5,8-9,12-14,17H,3,6-7,10-11H2,1H3,(H,23,26). The van der Waals surface area contributed by atoms with E-state index in [2.05, 4.69) is 15.5 Å². The highest BCUT2D eigenvalue weighted by molar-refractivity contribution is 6.10. The molecule has 1 saturated carbocycles. The zero-order chi connectivity index (χ0) is 17.9. The Morgan fingerprint density at radius 2 is 1.77 bits per heavy atom. The van der Waals surface area contributed by atoms with Crippen LogP contribution in [0.4, 0.5) is 0 Å². The van der Waals surface area contributed by atoms with Crippen molar-refractivity contribution < 1.29 is 4.79 Å². The SMILES string of the molecule is Cc1ccc2nnc(-c3ccccc3)c(C(=O)NC3CCCCC3)c2c1. The average molecular weight is 345 g/mol. The molecule has 0 bridgehead atoms. The van der Waals surface area contributed by atoms with Gasteiger partial charge in [-0.25, -0.2) is 0 Å². The maximum absolute atomic E-state index is 13.3. The van der Waals surface area contributed by atoms with Gasteiger partial charge in [-0.15, -0.1) is 10.2 Å². The fraction of sp³-hybridized carbons (Fsp3) is 0.318. The van der Waals surface area contributed by atoms with Crippen LogP contribution in [0.3, 0.4) is 0 Å². The Morgan fingerprint density at radius 3 is 2.54 bits per heavy atom. The summed E-state index contributed by atoms with van der Waals surface area (Å²) < 4.78 is 0. The van der Waals surface area contributed by atoms with Crippen LogP contribution in [-0.2, 0) is 0 Å². The van der Waals surface area contributed by atoms with Crippen molar-refractivity contribution in [3.05, 3.63) is 59.7 Å². The lowest BCUT2D eigenvalue weighted by Gasteiger charge is -2.23. The summed E-state index contributed by atoms with van der Waals surface area (Å²) in [5.74, 6) is -0.0405. The molecule has 0 spiro atoms.